The van der Waals surface area contributed by atoms with Crippen molar-refractivity contribution in [3.8, 4) is 5.69 Å². The number of rotatable bonds is 4. The fourth-order valence-corrected chi connectivity index (χ4v) is 4.42. The van der Waals surface area contributed by atoms with Crippen molar-refractivity contribution in [3.05, 3.63) is 70.2 Å². The van der Waals surface area contributed by atoms with E-state index in [1.54, 1.807) is 4.88 Å². The lowest BCUT2D eigenvalue weighted by molar-refractivity contribution is 0.170. The van der Waals surface area contributed by atoms with Crippen LogP contribution in [0.15, 0.2) is 54.0 Å². The minimum absolute atomic E-state index is 0.534. The lowest BCUT2D eigenvalue weighted by atomic mass is 9.98. The van der Waals surface area contributed by atoms with Crippen molar-refractivity contribution in [2.45, 2.75) is 32.4 Å². The van der Waals surface area contributed by atoms with Crippen LogP contribution in [-0.4, -0.2) is 21.2 Å². The maximum absolute atomic E-state index is 4.76. The summed E-state index contributed by atoms with van der Waals surface area (Å²) in [5.74, 6) is 0. The highest BCUT2D eigenvalue weighted by atomic mass is 32.1. The zero-order valence-corrected chi connectivity index (χ0v) is 14.2. The number of fused-ring (bicyclic) bond motifs is 1. The van der Waals surface area contributed by atoms with E-state index in [1.807, 2.05) is 34.2 Å². The summed E-state index contributed by atoms with van der Waals surface area (Å²) >= 11 is 1.91. The van der Waals surface area contributed by atoms with Crippen LogP contribution in [0.25, 0.3) is 5.69 Å². The van der Waals surface area contributed by atoms with Gasteiger partial charge in [-0.25, -0.2) is 4.68 Å². The molecule has 0 spiro atoms. The number of benzene rings is 1. The third kappa shape index (κ3) is 2.84. The summed E-state index contributed by atoms with van der Waals surface area (Å²) in [6.45, 7) is 4.34. The first-order chi connectivity index (χ1) is 11.3. The number of nitrogens with zero attached hydrogens (tertiary/aromatic N) is 3. The molecule has 1 aliphatic heterocycles. The van der Waals surface area contributed by atoms with Crippen LogP contribution >= 0.6 is 11.3 Å². The van der Waals surface area contributed by atoms with Crippen molar-refractivity contribution < 1.29 is 0 Å². The van der Waals surface area contributed by atoms with Crippen LogP contribution in [0.3, 0.4) is 0 Å². The van der Waals surface area contributed by atoms with Crippen LogP contribution in [0, 0.1) is 0 Å². The van der Waals surface area contributed by atoms with E-state index in [0.29, 0.717) is 6.04 Å². The highest BCUT2D eigenvalue weighted by Crippen LogP contribution is 2.35. The lowest BCUT2D eigenvalue weighted by Gasteiger charge is -2.34. The molecule has 0 N–H and O–H groups in total. The van der Waals surface area contributed by atoms with Gasteiger partial charge in [-0.15, -0.1) is 11.3 Å². The highest BCUT2D eigenvalue weighted by molar-refractivity contribution is 7.10. The van der Waals surface area contributed by atoms with Crippen LogP contribution in [0.1, 0.15) is 35.5 Å². The molecule has 118 valence electrons. The Labute approximate surface area is 141 Å². The van der Waals surface area contributed by atoms with Gasteiger partial charge in [-0.1, -0.05) is 25.1 Å². The second-order valence-corrected chi connectivity index (χ2v) is 7.03. The van der Waals surface area contributed by atoms with Gasteiger partial charge in [0, 0.05) is 30.2 Å². The molecule has 1 aromatic carbocycles. The van der Waals surface area contributed by atoms with Gasteiger partial charge in [-0.05, 0) is 48.1 Å². The Morgan fingerprint density at radius 2 is 2.04 bits per heavy atom. The summed E-state index contributed by atoms with van der Waals surface area (Å²) in [5.41, 5.74) is 3.79. The number of thiophene rings is 1. The molecule has 0 aliphatic carbocycles. The molecule has 0 saturated carbocycles. The van der Waals surface area contributed by atoms with E-state index in [2.05, 4.69) is 47.7 Å². The molecule has 3 aromatic rings. The molecule has 4 rings (SSSR count). The number of para-hydroxylation sites is 1. The first kappa shape index (κ1) is 14.7. The smallest absolute Gasteiger partial charge is 0.0769 e. The molecule has 23 heavy (non-hydrogen) atoms. The van der Waals surface area contributed by atoms with E-state index in [-0.39, 0.29) is 0 Å². The predicted octanol–water partition coefficient (Wildman–Crippen LogP) is 4.44. The topological polar surface area (TPSA) is 21.1 Å². The Morgan fingerprint density at radius 3 is 2.87 bits per heavy atom. The zero-order valence-electron chi connectivity index (χ0n) is 13.4. The summed E-state index contributed by atoms with van der Waals surface area (Å²) in [5, 5.41) is 7.00. The monoisotopic (exact) mass is 323 g/mol. The molecule has 0 fully saturated rings. The van der Waals surface area contributed by atoms with Crippen LogP contribution < -0.4 is 0 Å². The minimum atomic E-state index is 0.534. The van der Waals surface area contributed by atoms with Gasteiger partial charge in [0.2, 0.25) is 0 Å². The molecule has 4 heteroatoms. The number of aromatic nitrogens is 2. The van der Waals surface area contributed by atoms with Gasteiger partial charge < -0.3 is 0 Å². The van der Waals surface area contributed by atoms with Crippen LogP contribution in [0.2, 0.25) is 0 Å². The molecule has 1 aliphatic rings. The molecule has 1 atom stereocenters. The molecule has 3 heterocycles. The standard InChI is InChI=1S/C19H21N3S/c1-2-18-17-10-13-23-19(17)9-11-21(18)14-15-8-12-22(20-15)16-6-4-3-5-7-16/h3-8,10,12-13,18H,2,9,11,14H2,1H3/t18-/m0/s1. The first-order valence-corrected chi connectivity index (χ1v) is 9.13. The molecule has 0 unspecified atom stereocenters. The molecular formula is C19H21N3S. The molecule has 0 radical (unpaired) electrons. The van der Waals surface area contributed by atoms with E-state index in [1.165, 1.54) is 12.0 Å². The average molecular weight is 323 g/mol. The Morgan fingerprint density at radius 1 is 1.17 bits per heavy atom. The second kappa shape index (κ2) is 6.30. The van der Waals surface area contributed by atoms with Crippen LogP contribution in [0.5, 0.6) is 0 Å². The van der Waals surface area contributed by atoms with Crippen molar-refractivity contribution in [3.63, 3.8) is 0 Å². The van der Waals surface area contributed by atoms with Crippen LogP contribution in [-0.2, 0) is 13.0 Å². The summed E-state index contributed by atoms with van der Waals surface area (Å²) in [6, 6.07) is 15.3. The van der Waals surface area contributed by atoms with Crippen molar-refractivity contribution in [2.24, 2.45) is 0 Å². The average Bonchev–Trinajstić information content (AvgIpc) is 3.24. The maximum Gasteiger partial charge on any atom is 0.0769 e. The third-order valence-electron chi connectivity index (χ3n) is 4.62. The Balaban J connectivity index is 1.54. The molecule has 0 bridgehead atoms. The highest BCUT2D eigenvalue weighted by Gasteiger charge is 2.27. The van der Waals surface area contributed by atoms with E-state index >= 15 is 0 Å². The Kier molecular flexibility index (Phi) is 4.02. The van der Waals surface area contributed by atoms with Crippen molar-refractivity contribution >= 4 is 11.3 Å². The maximum atomic E-state index is 4.76. The van der Waals surface area contributed by atoms with E-state index in [9.17, 15) is 0 Å². The van der Waals surface area contributed by atoms with Gasteiger partial charge in [0.15, 0.2) is 0 Å². The van der Waals surface area contributed by atoms with Gasteiger partial charge in [0.25, 0.3) is 0 Å². The fourth-order valence-electron chi connectivity index (χ4n) is 3.49. The van der Waals surface area contributed by atoms with Gasteiger partial charge in [0.05, 0.1) is 11.4 Å². The van der Waals surface area contributed by atoms with Crippen molar-refractivity contribution in [1.29, 1.82) is 0 Å². The normalized spacial score (nSPS) is 18.0. The number of hydrogen-bond acceptors (Lipinski definition) is 3. The van der Waals surface area contributed by atoms with Gasteiger partial charge in [-0.2, -0.15) is 5.10 Å². The van der Waals surface area contributed by atoms with Crippen LogP contribution in [0.4, 0.5) is 0 Å². The largest absolute Gasteiger partial charge is 0.290 e. The zero-order chi connectivity index (χ0) is 15.6. The second-order valence-electron chi connectivity index (χ2n) is 6.03. The summed E-state index contributed by atoms with van der Waals surface area (Å²) in [4.78, 5) is 4.15. The predicted molar refractivity (Wildman–Crippen MR) is 95.0 cm³/mol. The van der Waals surface area contributed by atoms with Gasteiger partial charge in [0.1, 0.15) is 0 Å². The first-order valence-electron chi connectivity index (χ1n) is 8.25. The number of hydrogen-bond donors (Lipinski definition) is 0. The molecule has 2 aromatic heterocycles. The summed E-state index contributed by atoms with van der Waals surface area (Å²) in [7, 11) is 0. The lowest BCUT2D eigenvalue weighted by Crippen LogP contribution is -2.34. The van der Waals surface area contributed by atoms with E-state index in [4.69, 9.17) is 5.10 Å². The van der Waals surface area contributed by atoms with Crippen molar-refractivity contribution in [1.82, 2.24) is 14.7 Å². The molecule has 0 amide bonds. The Hall–Kier alpha value is -1.91. The summed E-state index contributed by atoms with van der Waals surface area (Å²) in [6.07, 6.45) is 4.39. The fraction of sp³-hybridized carbons (Fsp3) is 0.316. The quantitative estimate of drug-likeness (QED) is 0.707. The van der Waals surface area contributed by atoms with Gasteiger partial charge in [-0.3, -0.25) is 4.90 Å². The minimum Gasteiger partial charge on any atom is -0.290 e. The van der Waals surface area contributed by atoms with Gasteiger partial charge >= 0.3 is 0 Å². The Bertz CT molecular complexity index is 775. The molecule has 3 nitrogen and oxygen atoms in total. The summed E-state index contributed by atoms with van der Waals surface area (Å²) < 4.78 is 1.97. The SMILES string of the molecule is CC[C@H]1c2ccsc2CCN1Cc1ccn(-c2ccccc2)n1. The third-order valence-corrected chi connectivity index (χ3v) is 5.62. The van der Waals surface area contributed by atoms with E-state index < -0.39 is 0 Å². The molecule has 0 saturated heterocycles. The molecular weight excluding hydrogens is 302 g/mol. The van der Waals surface area contributed by atoms with Crippen molar-refractivity contribution in [2.75, 3.05) is 6.54 Å². The van der Waals surface area contributed by atoms with E-state index in [0.717, 1.165) is 30.9 Å².